The first kappa shape index (κ1) is 19.6. The molecule has 28 heavy (non-hydrogen) atoms. The molecule has 0 unspecified atom stereocenters. The maximum atomic E-state index is 12.7. The highest BCUT2D eigenvalue weighted by Gasteiger charge is 2.13. The first-order valence-electron chi connectivity index (χ1n) is 8.99. The van der Waals surface area contributed by atoms with Gasteiger partial charge < -0.3 is 15.0 Å². The zero-order valence-electron chi connectivity index (χ0n) is 15.8. The van der Waals surface area contributed by atoms with Crippen molar-refractivity contribution in [3.8, 4) is 5.75 Å². The van der Waals surface area contributed by atoms with Gasteiger partial charge in [-0.15, -0.1) is 11.3 Å². The summed E-state index contributed by atoms with van der Waals surface area (Å²) in [4.78, 5) is 27.0. The van der Waals surface area contributed by atoms with Gasteiger partial charge in [-0.05, 0) is 60.3 Å². The Hall–Kier alpha value is -3.12. The SMILES string of the molecule is CCOc1ccc(CN(C)C(=O)c2ccc(NC(=O)c3cccs3)cc2)cc1. The number of hydrogen-bond acceptors (Lipinski definition) is 4. The molecule has 0 atom stereocenters. The number of anilines is 1. The summed E-state index contributed by atoms with van der Waals surface area (Å²) in [5, 5.41) is 4.69. The second-order valence-corrected chi connectivity index (χ2v) is 7.19. The van der Waals surface area contributed by atoms with Crippen molar-refractivity contribution in [2.75, 3.05) is 19.0 Å². The quantitative estimate of drug-likeness (QED) is 0.633. The van der Waals surface area contributed by atoms with Crippen LogP contribution in [0.5, 0.6) is 5.75 Å². The van der Waals surface area contributed by atoms with Crippen LogP contribution in [-0.2, 0) is 6.54 Å². The van der Waals surface area contributed by atoms with E-state index in [1.165, 1.54) is 11.3 Å². The molecule has 3 aromatic rings. The van der Waals surface area contributed by atoms with E-state index >= 15 is 0 Å². The van der Waals surface area contributed by atoms with Gasteiger partial charge in [0.1, 0.15) is 5.75 Å². The fraction of sp³-hybridized carbons (Fsp3) is 0.182. The van der Waals surface area contributed by atoms with Gasteiger partial charge in [0.25, 0.3) is 11.8 Å². The van der Waals surface area contributed by atoms with Crippen LogP contribution in [0.25, 0.3) is 0 Å². The number of ether oxygens (including phenoxy) is 1. The minimum atomic E-state index is -0.151. The molecule has 0 spiro atoms. The second-order valence-electron chi connectivity index (χ2n) is 6.25. The van der Waals surface area contributed by atoms with Crippen molar-refractivity contribution in [1.82, 2.24) is 4.90 Å². The summed E-state index contributed by atoms with van der Waals surface area (Å²) >= 11 is 1.39. The van der Waals surface area contributed by atoms with Gasteiger partial charge in [-0.2, -0.15) is 0 Å². The van der Waals surface area contributed by atoms with Gasteiger partial charge in [-0.1, -0.05) is 18.2 Å². The van der Waals surface area contributed by atoms with Crippen molar-refractivity contribution in [2.24, 2.45) is 0 Å². The molecule has 5 nitrogen and oxygen atoms in total. The summed E-state index contributed by atoms with van der Waals surface area (Å²) in [5.41, 5.74) is 2.26. The zero-order chi connectivity index (χ0) is 19.9. The molecular weight excluding hydrogens is 372 g/mol. The largest absolute Gasteiger partial charge is 0.494 e. The molecule has 1 N–H and O–H groups in total. The van der Waals surface area contributed by atoms with Gasteiger partial charge >= 0.3 is 0 Å². The Morgan fingerprint density at radius 3 is 2.36 bits per heavy atom. The molecule has 0 bridgehead atoms. The normalized spacial score (nSPS) is 10.4. The van der Waals surface area contributed by atoms with Crippen molar-refractivity contribution < 1.29 is 14.3 Å². The van der Waals surface area contributed by atoms with Crippen LogP contribution in [0, 0.1) is 0 Å². The molecule has 0 aliphatic heterocycles. The predicted octanol–water partition coefficient (Wildman–Crippen LogP) is 4.67. The van der Waals surface area contributed by atoms with Crippen LogP contribution in [-0.4, -0.2) is 30.4 Å². The molecule has 6 heteroatoms. The number of hydrogen-bond donors (Lipinski definition) is 1. The monoisotopic (exact) mass is 394 g/mol. The maximum Gasteiger partial charge on any atom is 0.265 e. The van der Waals surface area contributed by atoms with Crippen molar-refractivity contribution >= 4 is 28.8 Å². The minimum Gasteiger partial charge on any atom is -0.494 e. The van der Waals surface area contributed by atoms with E-state index in [0.29, 0.717) is 29.3 Å². The van der Waals surface area contributed by atoms with Gasteiger partial charge in [-0.3, -0.25) is 9.59 Å². The molecule has 0 aliphatic rings. The van der Waals surface area contributed by atoms with E-state index in [1.807, 2.05) is 42.6 Å². The van der Waals surface area contributed by atoms with Crippen LogP contribution in [0.4, 0.5) is 5.69 Å². The molecule has 0 saturated heterocycles. The van der Waals surface area contributed by atoms with Crippen LogP contribution >= 0.6 is 11.3 Å². The molecule has 3 rings (SSSR count). The Balaban J connectivity index is 1.59. The average Bonchev–Trinajstić information content (AvgIpc) is 3.25. The zero-order valence-corrected chi connectivity index (χ0v) is 16.7. The van der Waals surface area contributed by atoms with Gasteiger partial charge in [0.2, 0.25) is 0 Å². The molecular formula is C22H22N2O3S. The molecule has 2 aromatic carbocycles. The highest BCUT2D eigenvalue weighted by Crippen LogP contribution is 2.17. The van der Waals surface area contributed by atoms with Crippen molar-refractivity contribution in [3.05, 3.63) is 82.0 Å². The lowest BCUT2D eigenvalue weighted by molar-refractivity contribution is 0.0785. The standard InChI is InChI=1S/C22H22N2O3S/c1-3-27-19-12-6-16(7-13-19)15-24(2)22(26)17-8-10-18(11-9-17)23-21(25)20-5-4-14-28-20/h4-14H,3,15H2,1-2H3,(H,23,25). The third-order valence-electron chi connectivity index (χ3n) is 4.14. The smallest absolute Gasteiger partial charge is 0.265 e. The summed E-state index contributed by atoms with van der Waals surface area (Å²) in [6.07, 6.45) is 0. The van der Waals surface area contributed by atoms with Crippen molar-refractivity contribution in [3.63, 3.8) is 0 Å². The minimum absolute atomic E-state index is 0.0787. The van der Waals surface area contributed by atoms with Crippen LogP contribution < -0.4 is 10.1 Å². The van der Waals surface area contributed by atoms with Crippen LogP contribution in [0.3, 0.4) is 0 Å². The summed E-state index contributed by atoms with van der Waals surface area (Å²) < 4.78 is 5.43. The lowest BCUT2D eigenvalue weighted by atomic mass is 10.1. The van der Waals surface area contributed by atoms with Crippen LogP contribution in [0.2, 0.25) is 0 Å². The Morgan fingerprint density at radius 2 is 1.75 bits per heavy atom. The van der Waals surface area contributed by atoms with E-state index < -0.39 is 0 Å². The summed E-state index contributed by atoms with van der Waals surface area (Å²) in [5.74, 6) is 0.590. The fourth-order valence-electron chi connectivity index (χ4n) is 2.72. The number of benzene rings is 2. The topological polar surface area (TPSA) is 58.6 Å². The Bertz CT molecular complexity index is 919. The number of amides is 2. The number of rotatable bonds is 7. The number of carbonyl (C=O) groups is 2. The highest BCUT2D eigenvalue weighted by molar-refractivity contribution is 7.12. The van der Waals surface area contributed by atoms with Gasteiger partial charge in [-0.25, -0.2) is 0 Å². The lowest BCUT2D eigenvalue weighted by Crippen LogP contribution is -2.26. The highest BCUT2D eigenvalue weighted by atomic mass is 32.1. The molecule has 1 aromatic heterocycles. The maximum absolute atomic E-state index is 12.7. The van der Waals surface area contributed by atoms with E-state index in [1.54, 1.807) is 42.3 Å². The first-order chi connectivity index (χ1) is 13.6. The Kier molecular flexibility index (Phi) is 6.45. The van der Waals surface area contributed by atoms with Gasteiger partial charge in [0.05, 0.1) is 11.5 Å². The van der Waals surface area contributed by atoms with Crippen LogP contribution in [0.1, 0.15) is 32.5 Å². The van der Waals surface area contributed by atoms with E-state index in [2.05, 4.69) is 5.32 Å². The molecule has 0 fully saturated rings. The van der Waals surface area contributed by atoms with Crippen molar-refractivity contribution in [1.29, 1.82) is 0 Å². The summed E-state index contributed by atoms with van der Waals surface area (Å²) in [6, 6.07) is 18.3. The lowest BCUT2D eigenvalue weighted by Gasteiger charge is -2.18. The van der Waals surface area contributed by atoms with Gasteiger partial charge in [0, 0.05) is 24.8 Å². The molecule has 2 amide bonds. The Morgan fingerprint density at radius 1 is 1.04 bits per heavy atom. The molecule has 1 heterocycles. The second kappa shape index (κ2) is 9.19. The first-order valence-corrected chi connectivity index (χ1v) is 9.87. The van der Waals surface area contributed by atoms with E-state index in [0.717, 1.165) is 11.3 Å². The van der Waals surface area contributed by atoms with E-state index in [9.17, 15) is 9.59 Å². The number of nitrogens with zero attached hydrogens (tertiary/aromatic N) is 1. The number of nitrogens with one attached hydrogen (secondary N) is 1. The fourth-order valence-corrected chi connectivity index (χ4v) is 3.34. The van der Waals surface area contributed by atoms with Gasteiger partial charge in [0.15, 0.2) is 0 Å². The van der Waals surface area contributed by atoms with E-state index in [-0.39, 0.29) is 11.8 Å². The Labute approximate surface area is 168 Å². The molecule has 144 valence electrons. The summed E-state index contributed by atoms with van der Waals surface area (Å²) in [7, 11) is 1.77. The third kappa shape index (κ3) is 4.98. The van der Waals surface area contributed by atoms with Crippen molar-refractivity contribution in [2.45, 2.75) is 13.5 Å². The average molecular weight is 394 g/mol. The molecule has 0 radical (unpaired) electrons. The summed E-state index contributed by atoms with van der Waals surface area (Å²) in [6.45, 7) is 3.07. The molecule has 0 saturated carbocycles. The van der Waals surface area contributed by atoms with Crippen LogP contribution in [0.15, 0.2) is 66.0 Å². The third-order valence-corrected chi connectivity index (χ3v) is 5.00. The van der Waals surface area contributed by atoms with E-state index in [4.69, 9.17) is 4.74 Å². The number of carbonyl (C=O) groups excluding carboxylic acids is 2. The number of thiophene rings is 1. The molecule has 0 aliphatic carbocycles. The predicted molar refractivity (Wildman–Crippen MR) is 112 cm³/mol.